The number of amides is 1. The van der Waals surface area contributed by atoms with Crippen molar-refractivity contribution < 1.29 is 4.79 Å². The highest BCUT2D eigenvalue weighted by Crippen LogP contribution is 2.00. The van der Waals surface area contributed by atoms with Crippen LogP contribution in [0.3, 0.4) is 0 Å². The number of nitrogens with zero attached hydrogens (tertiary/aromatic N) is 1. The van der Waals surface area contributed by atoms with Crippen molar-refractivity contribution in [2.45, 2.75) is 19.4 Å². The highest BCUT2D eigenvalue weighted by Gasteiger charge is 1.99. The van der Waals surface area contributed by atoms with Crippen molar-refractivity contribution in [3.05, 3.63) is 30.1 Å². The van der Waals surface area contributed by atoms with Crippen molar-refractivity contribution in [3.8, 4) is 0 Å². The molecule has 1 unspecified atom stereocenters. The summed E-state index contributed by atoms with van der Waals surface area (Å²) >= 11 is 0. The van der Waals surface area contributed by atoms with Gasteiger partial charge in [-0.25, -0.2) is 0 Å². The van der Waals surface area contributed by atoms with Gasteiger partial charge in [0.2, 0.25) is 6.41 Å². The first-order valence-electron chi connectivity index (χ1n) is 3.91. The van der Waals surface area contributed by atoms with Crippen molar-refractivity contribution in [1.82, 2.24) is 10.3 Å². The Morgan fingerprint density at radius 3 is 2.83 bits per heavy atom. The van der Waals surface area contributed by atoms with E-state index in [1.165, 1.54) is 5.56 Å². The Morgan fingerprint density at radius 2 is 2.25 bits per heavy atom. The van der Waals surface area contributed by atoms with E-state index in [4.69, 9.17) is 0 Å². The molecule has 0 aliphatic rings. The van der Waals surface area contributed by atoms with Crippen LogP contribution in [0.5, 0.6) is 0 Å². The third-order valence-corrected chi connectivity index (χ3v) is 1.64. The number of pyridine rings is 1. The van der Waals surface area contributed by atoms with Gasteiger partial charge in [-0.15, -0.1) is 0 Å². The van der Waals surface area contributed by atoms with Crippen LogP contribution in [0.2, 0.25) is 0 Å². The van der Waals surface area contributed by atoms with Gasteiger partial charge in [0.1, 0.15) is 0 Å². The van der Waals surface area contributed by atoms with E-state index in [1.54, 1.807) is 12.4 Å². The zero-order chi connectivity index (χ0) is 8.81. The molecular weight excluding hydrogens is 152 g/mol. The Hall–Kier alpha value is -1.38. The number of aromatic nitrogens is 1. The Bertz CT molecular complexity index is 236. The van der Waals surface area contributed by atoms with E-state index in [-0.39, 0.29) is 6.04 Å². The second-order valence-electron chi connectivity index (χ2n) is 2.75. The molecule has 0 aliphatic heterocycles. The van der Waals surface area contributed by atoms with Crippen molar-refractivity contribution >= 4 is 6.41 Å². The second kappa shape index (κ2) is 4.49. The summed E-state index contributed by atoms with van der Waals surface area (Å²) in [5.74, 6) is 0. The summed E-state index contributed by atoms with van der Waals surface area (Å²) in [6.07, 6.45) is 5.08. The van der Waals surface area contributed by atoms with Gasteiger partial charge >= 0.3 is 0 Å². The molecule has 0 bridgehead atoms. The summed E-state index contributed by atoms with van der Waals surface area (Å²) < 4.78 is 0. The van der Waals surface area contributed by atoms with Crippen LogP contribution in [-0.2, 0) is 11.2 Å². The predicted octanol–water partition coefficient (Wildman–Crippen LogP) is 0.759. The van der Waals surface area contributed by atoms with Crippen LogP contribution in [0.4, 0.5) is 0 Å². The molecule has 1 rings (SSSR count). The first-order chi connectivity index (χ1) is 5.83. The van der Waals surface area contributed by atoms with Crippen LogP contribution in [0, 0.1) is 0 Å². The normalized spacial score (nSPS) is 12.1. The molecule has 0 radical (unpaired) electrons. The van der Waals surface area contributed by atoms with Crippen LogP contribution in [-0.4, -0.2) is 17.4 Å². The van der Waals surface area contributed by atoms with Gasteiger partial charge in [0, 0.05) is 18.4 Å². The zero-order valence-corrected chi connectivity index (χ0v) is 7.03. The molecule has 1 heterocycles. The van der Waals surface area contributed by atoms with E-state index in [2.05, 4.69) is 10.3 Å². The molecule has 1 aromatic rings. The minimum atomic E-state index is 0.185. The molecule has 0 fully saturated rings. The molecule has 1 amide bonds. The maximum absolute atomic E-state index is 10.1. The number of rotatable bonds is 4. The standard InChI is InChI=1S/C9H12N2O/c1-8(11-7-12)6-9-2-4-10-5-3-9/h2-5,7-8H,6H2,1H3,(H,11,12). The van der Waals surface area contributed by atoms with Crippen molar-refractivity contribution in [2.75, 3.05) is 0 Å². The van der Waals surface area contributed by atoms with Crippen LogP contribution in [0.25, 0.3) is 0 Å². The van der Waals surface area contributed by atoms with Crippen LogP contribution in [0.15, 0.2) is 24.5 Å². The lowest BCUT2D eigenvalue weighted by Gasteiger charge is -2.08. The minimum absolute atomic E-state index is 0.185. The molecule has 1 aromatic heterocycles. The molecule has 64 valence electrons. The third kappa shape index (κ3) is 2.70. The van der Waals surface area contributed by atoms with Crippen molar-refractivity contribution in [3.63, 3.8) is 0 Å². The topological polar surface area (TPSA) is 42.0 Å². The summed E-state index contributed by atoms with van der Waals surface area (Å²) in [7, 11) is 0. The number of carbonyl (C=O) groups excluding carboxylic acids is 1. The van der Waals surface area contributed by atoms with Gasteiger partial charge in [0.05, 0.1) is 0 Å². The van der Waals surface area contributed by atoms with Gasteiger partial charge in [-0.2, -0.15) is 0 Å². The third-order valence-electron chi connectivity index (χ3n) is 1.64. The zero-order valence-electron chi connectivity index (χ0n) is 7.03. The van der Waals surface area contributed by atoms with Crippen LogP contribution >= 0.6 is 0 Å². The highest BCUT2D eigenvalue weighted by atomic mass is 16.1. The number of carbonyl (C=O) groups is 1. The second-order valence-corrected chi connectivity index (χ2v) is 2.75. The Kier molecular flexibility index (Phi) is 3.26. The van der Waals surface area contributed by atoms with Crippen LogP contribution in [0.1, 0.15) is 12.5 Å². The average molecular weight is 164 g/mol. The van der Waals surface area contributed by atoms with E-state index in [0.717, 1.165) is 12.8 Å². The number of nitrogens with one attached hydrogen (secondary N) is 1. The Labute approximate surface area is 71.8 Å². The summed E-state index contributed by atoms with van der Waals surface area (Å²) in [5, 5.41) is 2.69. The summed E-state index contributed by atoms with van der Waals surface area (Å²) in [6, 6.07) is 4.08. The fourth-order valence-corrected chi connectivity index (χ4v) is 1.05. The van der Waals surface area contributed by atoms with E-state index < -0.39 is 0 Å². The maximum atomic E-state index is 10.1. The lowest BCUT2D eigenvalue weighted by atomic mass is 10.1. The van der Waals surface area contributed by atoms with Gasteiger partial charge < -0.3 is 5.32 Å². The fraction of sp³-hybridized carbons (Fsp3) is 0.333. The summed E-state index contributed by atoms with van der Waals surface area (Å²) in [5.41, 5.74) is 1.19. The van der Waals surface area contributed by atoms with Gasteiger partial charge in [-0.1, -0.05) is 0 Å². The largest absolute Gasteiger partial charge is 0.356 e. The first-order valence-corrected chi connectivity index (χ1v) is 3.91. The Balaban J connectivity index is 2.46. The summed E-state index contributed by atoms with van der Waals surface area (Å²) in [4.78, 5) is 14.0. The van der Waals surface area contributed by atoms with Gasteiger partial charge in [0.15, 0.2) is 0 Å². The molecule has 0 spiro atoms. The molecular formula is C9H12N2O. The SMILES string of the molecule is CC(Cc1ccncc1)NC=O. The fourth-order valence-electron chi connectivity index (χ4n) is 1.05. The minimum Gasteiger partial charge on any atom is -0.356 e. The van der Waals surface area contributed by atoms with Gasteiger partial charge in [0.25, 0.3) is 0 Å². The molecule has 3 nitrogen and oxygen atoms in total. The molecule has 12 heavy (non-hydrogen) atoms. The van der Waals surface area contributed by atoms with Gasteiger partial charge in [-0.3, -0.25) is 9.78 Å². The predicted molar refractivity (Wildman–Crippen MR) is 46.6 cm³/mol. The maximum Gasteiger partial charge on any atom is 0.207 e. The highest BCUT2D eigenvalue weighted by molar-refractivity contribution is 5.46. The molecule has 0 aromatic carbocycles. The van der Waals surface area contributed by atoms with Gasteiger partial charge in [-0.05, 0) is 31.0 Å². The van der Waals surface area contributed by atoms with Crippen LogP contribution < -0.4 is 5.32 Å². The molecule has 3 heteroatoms. The van der Waals surface area contributed by atoms with E-state index in [9.17, 15) is 4.79 Å². The first kappa shape index (κ1) is 8.71. The quantitative estimate of drug-likeness (QED) is 0.667. The smallest absolute Gasteiger partial charge is 0.207 e. The van der Waals surface area contributed by atoms with E-state index in [1.807, 2.05) is 19.1 Å². The van der Waals surface area contributed by atoms with Crippen molar-refractivity contribution in [2.24, 2.45) is 0 Å². The molecule has 1 atom stereocenters. The average Bonchev–Trinajstić information content (AvgIpc) is 2.06. The molecule has 0 saturated heterocycles. The van der Waals surface area contributed by atoms with Crippen molar-refractivity contribution in [1.29, 1.82) is 0 Å². The number of hydrogen-bond donors (Lipinski definition) is 1. The monoisotopic (exact) mass is 164 g/mol. The summed E-state index contributed by atoms with van der Waals surface area (Å²) in [6.45, 7) is 1.97. The molecule has 0 saturated carbocycles. The Morgan fingerprint density at radius 1 is 1.58 bits per heavy atom. The van der Waals surface area contributed by atoms with E-state index in [0.29, 0.717) is 0 Å². The number of hydrogen-bond acceptors (Lipinski definition) is 2. The molecule has 1 N–H and O–H groups in total. The van der Waals surface area contributed by atoms with E-state index >= 15 is 0 Å². The lowest BCUT2D eigenvalue weighted by molar-refractivity contribution is -0.110. The lowest BCUT2D eigenvalue weighted by Crippen LogP contribution is -2.26. The molecule has 0 aliphatic carbocycles.